The van der Waals surface area contributed by atoms with Crippen LogP contribution in [-0.2, 0) is 18.3 Å². The van der Waals surface area contributed by atoms with Crippen LogP contribution in [0.15, 0.2) is 36.5 Å². The molecule has 2 N–H and O–H groups in total. The number of aliphatic hydroxyl groups is 1. The number of phenolic OH excluding ortho intramolecular Hbond substituents is 1. The van der Waals surface area contributed by atoms with Crippen molar-refractivity contribution in [1.29, 1.82) is 0 Å². The third-order valence-corrected chi connectivity index (χ3v) is 10.9. The van der Waals surface area contributed by atoms with Gasteiger partial charge in [0.2, 0.25) is 0 Å². The molecule has 1 spiro atoms. The molecule has 190 valence electrons. The van der Waals surface area contributed by atoms with Gasteiger partial charge >= 0.3 is 0 Å². The molecule has 2 fully saturated rings. The topological polar surface area (TPSA) is 65.8 Å². The van der Waals surface area contributed by atoms with Crippen molar-refractivity contribution in [3.63, 3.8) is 0 Å². The van der Waals surface area contributed by atoms with Gasteiger partial charge in [0.05, 0.1) is 31.8 Å². The van der Waals surface area contributed by atoms with Crippen molar-refractivity contribution in [2.24, 2.45) is 5.92 Å². The summed E-state index contributed by atoms with van der Waals surface area (Å²) in [7, 11) is 0. The Morgan fingerprint density at radius 2 is 1.92 bits per heavy atom. The van der Waals surface area contributed by atoms with Gasteiger partial charge in [-0.25, -0.2) is 0 Å². The largest absolute Gasteiger partial charge is 0.504 e. The third-order valence-electron chi connectivity index (χ3n) is 9.57. The lowest BCUT2D eigenvalue weighted by atomic mass is 9.49. The van der Waals surface area contributed by atoms with Crippen molar-refractivity contribution in [3.05, 3.63) is 74.0 Å². The van der Waals surface area contributed by atoms with Crippen molar-refractivity contribution in [2.75, 3.05) is 13.1 Å². The number of hydrogen-bond donors (Lipinski definition) is 2. The molecule has 1 saturated carbocycles. The SMILES string of the molecule is Oc1ccc2c3c1O[C@H]1c4ncc(-c5ccc(Cl)c(Cl)c5Cl)cc4C[C@@]4(O)[C@H](C2)N(CC2CC2)CC[C@]314. The second-order valence-electron chi connectivity index (χ2n) is 11.4. The van der Waals surface area contributed by atoms with Crippen LogP contribution < -0.4 is 4.74 Å². The summed E-state index contributed by atoms with van der Waals surface area (Å²) < 4.78 is 6.58. The minimum atomic E-state index is -1.05. The number of aromatic hydroxyl groups is 1. The van der Waals surface area contributed by atoms with Crippen LogP contribution in [0.1, 0.15) is 47.8 Å². The van der Waals surface area contributed by atoms with Crippen LogP contribution in [0.25, 0.3) is 11.1 Å². The van der Waals surface area contributed by atoms with Gasteiger partial charge in [-0.05, 0) is 67.5 Å². The van der Waals surface area contributed by atoms with E-state index in [1.807, 2.05) is 12.1 Å². The van der Waals surface area contributed by atoms with Gasteiger partial charge in [-0.3, -0.25) is 9.88 Å². The predicted octanol–water partition coefficient (Wildman–Crippen LogP) is 6.11. The van der Waals surface area contributed by atoms with Crippen LogP contribution in [0.2, 0.25) is 15.1 Å². The summed E-state index contributed by atoms with van der Waals surface area (Å²) in [6.45, 7) is 1.93. The van der Waals surface area contributed by atoms with Crippen LogP contribution in [0, 0.1) is 5.92 Å². The Kier molecular flexibility index (Phi) is 4.67. The molecule has 0 radical (unpaired) electrons. The van der Waals surface area contributed by atoms with Crippen LogP contribution in [-0.4, -0.2) is 44.8 Å². The summed E-state index contributed by atoms with van der Waals surface area (Å²) in [5, 5.41) is 24.8. The molecule has 8 heteroatoms. The highest BCUT2D eigenvalue weighted by atomic mass is 35.5. The molecule has 1 saturated heterocycles. The zero-order chi connectivity index (χ0) is 25.3. The Labute approximate surface area is 229 Å². The first-order chi connectivity index (χ1) is 17.8. The molecule has 0 unspecified atom stereocenters. The summed E-state index contributed by atoms with van der Waals surface area (Å²) in [5.41, 5.74) is 3.80. The molecule has 0 amide bonds. The van der Waals surface area contributed by atoms with Crippen molar-refractivity contribution in [3.8, 4) is 22.6 Å². The fourth-order valence-electron chi connectivity index (χ4n) is 7.74. The quantitative estimate of drug-likeness (QED) is 0.382. The zero-order valence-electron chi connectivity index (χ0n) is 20.0. The number of likely N-dealkylation sites (tertiary alicyclic amines) is 1. The first kappa shape index (κ1) is 22.9. The van der Waals surface area contributed by atoms with Gasteiger partial charge in [-0.15, -0.1) is 0 Å². The van der Waals surface area contributed by atoms with E-state index in [0.29, 0.717) is 27.2 Å². The average molecular weight is 556 g/mol. The molecule has 2 aliphatic heterocycles. The summed E-state index contributed by atoms with van der Waals surface area (Å²) in [5.74, 6) is 1.37. The Bertz CT molecular complexity index is 1510. The fourth-order valence-corrected chi connectivity index (χ4v) is 8.38. The smallest absolute Gasteiger partial charge is 0.166 e. The summed E-state index contributed by atoms with van der Waals surface area (Å²) in [6.07, 6.45) is 5.84. The van der Waals surface area contributed by atoms with E-state index < -0.39 is 17.1 Å². The summed E-state index contributed by atoms with van der Waals surface area (Å²) in [6, 6.07) is 9.36. The average Bonchev–Trinajstić information content (AvgIpc) is 3.62. The number of piperidine rings is 1. The Morgan fingerprint density at radius 1 is 1.08 bits per heavy atom. The molecule has 3 heterocycles. The van der Waals surface area contributed by atoms with Crippen LogP contribution >= 0.6 is 34.8 Å². The molecule has 1 aromatic heterocycles. The van der Waals surface area contributed by atoms with E-state index in [-0.39, 0.29) is 11.8 Å². The fraction of sp³-hybridized carbons (Fsp3) is 0.414. The molecule has 4 atom stereocenters. The molecule has 2 bridgehead atoms. The highest BCUT2D eigenvalue weighted by Crippen LogP contribution is 2.68. The van der Waals surface area contributed by atoms with Crippen molar-refractivity contribution >= 4 is 34.8 Å². The number of ether oxygens (including phenoxy) is 1. The Morgan fingerprint density at radius 3 is 2.73 bits per heavy atom. The molecular formula is C29H25Cl3N2O3. The summed E-state index contributed by atoms with van der Waals surface area (Å²) >= 11 is 19.1. The van der Waals surface area contributed by atoms with Crippen molar-refractivity contribution < 1.29 is 14.9 Å². The number of aromatic nitrogens is 1. The molecule has 2 aromatic carbocycles. The maximum Gasteiger partial charge on any atom is 0.166 e. The first-order valence-electron chi connectivity index (χ1n) is 12.9. The first-order valence-corrected chi connectivity index (χ1v) is 14.1. The molecule has 8 rings (SSSR count). The normalized spacial score (nSPS) is 31.0. The van der Waals surface area contributed by atoms with Crippen LogP contribution in [0.5, 0.6) is 11.5 Å². The number of hydrogen-bond acceptors (Lipinski definition) is 5. The lowest BCUT2D eigenvalue weighted by molar-refractivity contribution is -0.173. The van der Waals surface area contributed by atoms with Crippen LogP contribution in [0.3, 0.4) is 0 Å². The van der Waals surface area contributed by atoms with Gasteiger partial charge in [0.1, 0.15) is 0 Å². The van der Waals surface area contributed by atoms with Crippen LogP contribution in [0.4, 0.5) is 0 Å². The number of pyridine rings is 1. The standard InChI is InChI=1S/C29H25Cl3N2O3/c30-19-5-4-18(23(31)24(19)32)17-9-16-11-29(36)21-10-15-3-6-20(35)26-22(15)28(29,27(37-26)25(16)33-12-17)7-8-34(21)13-14-1-2-14/h3-6,9,12,14,21,27,35-36H,1-2,7-8,10-11,13H2/t21-,27-,28-,29+/m0/s1. The van der Waals surface area contributed by atoms with E-state index in [1.165, 1.54) is 18.4 Å². The molecule has 37 heavy (non-hydrogen) atoms. The number of fused-ring (bicyclic) bond motifs is 2. The van der Waals surface area contributed by atoms with E-state index in [2.05, 4.69) is 11.0 Å². The van der Waals surface area contributed by atoms with Gasteiger partial charge in [0, 0.05) is 41.9 Å². The van der Waals surface area contributed by atoms with E-state index in [1.54, 1.807) is 18.3 Å². The van der Waals surface area contributed by atoms with Crippen molar-refractivity contribution in [2.45, 2.75) is 55.3 Å². The van der Waals surface area contributed by atoms with E-state index in [0.717, 1.165) is 59.8 Å². The van der Waals surface area contributed by atoms with Gasteiger partial charge in [0.15, 0.2) is 17.6 Å². The molecule has 3 aromatic rings. The maximum absolute atomic E-state index is 12.9. The Hall–Kier alpha value is -2.02. The van der Waals surface area contributed by atoms with Gasteiger partial charge in [-0.2, -0.15) is 0 Å². The number of benzene rings is 2. The van der Waals surface area contributed by atoms with E-state index in [4.69, 9.17) is 44.5 Å². The van der Waals surface area contributed by atoms with E-state index >= 15 is 0 Å². The monoisotopic (exact) mass is 554 g/mol. The molecule has 3 aliphatic carbocycles. The second-order valence-corrected chi connectivity index (χ2v) is 12.6. The lowest BCUT2D eigenvalue weighted by Crippen LogP contribution is -2.74. The zero-order valence-corrected chi connectivity index (χ0v) is 22.2. The Balaban J connectivity index is 1.32. The number of phenols is 1. The van der Waals surface area contributed by atoms with Gasteiger partial charge < -0.3 is 14.9 Å². The van der Waals surface area contributed by atoms with Gasteiger partial charge in [-0.1, -0.05) is 46.9 Å². The minimum Gasteiger partial charge on any atom is -0.504 e. The van der Waals surface area contributed by atoms with Gasteiger partial charge in [0.25, 0.3) is 0 Å². The minimum absolute atomic E-state index is 0.0266. The third kappa shape index (κ3) is 2.87. The van der Waals surface area contributed by atoms with Crippen molar-refractivity contribution in [1.82, 2.24) is 9.88 Å². The van der Waals surface area contributed by atoms with E-state index in [9.17, 15) is 10.2 Å². The maximum atomic E-state index is 12.9. The molecule has 5 aliphatic rings. The molecule has 5 nitrogen and oxygen atoms in total. The highest BCUT2D eigenvalue weighted by Gasteiger charge is 2.72. The number of rotatable bonds is 3. The highest BCUT2D eigenvalue weighted by molar-refractivity contribution is 6.49. The lowest BCUT2D eigenvalue weighted by Gasteiger charge is -2.63. The molecular weight excluding hydrogens is 531 g/mol. The number of nitrogens with zero attached hydrogens (tertiary/aromatic N) is 2. The number of halogens is 3. The predicted molar refractivity (Wildman–Crippen MR) is 143 cm³/mol. The second kappa shape index (κ2) is 7.55. The summed E-state index contributed by atoms with van der Waals surface area (Å²) in [4.78, 5) is 7.44.